The lowest BCUT2D eigenvalue weighted by molar-refractivity contribution is 0.103. The summed E-state index contributed by atoms with van der Waals surface area (Å²) < 4.78 is 6.25. The van der Waals surface area contributed by atoms with Gasteiger partial charge in [0.05, 0.1) is 23.6 Å². The van der Waals surface area contributed by atoms with Crippen molar-refractivity contribution < 1.29 is 9.53 Å². The molecule has 3 heterocycles. The molecule has 0 aliphatic carbocycles. The second-order valence-electron chi connectivity index (χ2n) is 10.1. The molecule has 0 amide bonds. The molecule has 2 aromatic carbocycles. The molecule has 0 bridgehead atoms. The summed E-state index contributed by atoms with van der Waals surface area (Å²) >= 11 is 0. The van der Waals surface area contributed by atoms with E-state index in [1.807, 2.05) is 74.5 Å². The molecule has 0 saturated carbocycles. The van der Waals surface area contributed by atoms with Gasteiger partial charge in [-0.1, -0.05) is 57.2 Å². The fourth-order valence-corrected chi connectivity index (χ4v) is 5.41. The van der Waals surface area contributed by atoms with Crippen molar-refractivity contribution in [2.24, 2.45) is 0 Å². The second-order valence-corrected chi connectivity index (χ2v) is 10.1. The summed E-state index contributed by atoms with van der Waals surface area (Å²) in [6.07, 6.45) is 3.85. The van der Waals surface area contributed by atoms with Gasteiger partial charge in [-0.05, 0) is 43.5 Å². The van der Waals surface area contributed by atoms with Gasteiger partial charge < -0.3 is 19.5 Å². The first-order valence-corrected chi connectivity index (χ1v) is 14.5. The van der Waals surface area contributed by atoms with E-state index in [9.17, 15) is 9.59 Å². The topological polar surface area (TPSA) is 91.4 Å². The molecule has 212 valence electrons. The van der Waals surface area contributed by atoms with Gasteiger partial charge in [0.25, 0.3) is 5.56 Å². The Morgan fingerprint density at radius 2 is 1.63 bits per heavy atom. The number of aromatic nitrogens is 3. The Balaban J connectivity index is 1.69. The number of H-pyrrole nitrogens is 1. The number of carbonyl (C=O) groups is 1. The third-order valence-corrected chi connectivity index (χ3v) is 7.48. The van der Waals surface area contributed by atoms with Crippen LogP contribution in [0.5, 0.6) is 5.75 Å². The van der Waals surface area contributed by atoms with E-state index in [1.165, 1.54) is 0 Å². The van der Waals surface area contributed by atoms with Gasteiger partial charge >= 0.3 is 0 Å². The van der Waals surface area contributed by atoms with Crippen LogP contribution in [0.1, 0.15) is 54.4 Å². The number of ether oxygens (including phenoxy) is 1. The largest absolute Gasteiger partial charge is 0.493 e. The first kappa shape index (κ1) is 28.1. The molecule has 4 aromatic rings. The molecule has 1 N–H and O–H groups in total. The Bertz CT molecular complexity index is 1540. The van der Waals surface area contributed by atoms with E-state index < -0.39 is 0 Å². The zero-order valence-electron chi connectivity index (χ0n) is 24.0. The number of ketones is 1. The van der Waals surface area contributed by atoms with E-state index in [4.69, 9.17) is 9.72 Å². The summed E-state index contributed by atoms with van der Waals surface area (Å²) in [6.45, 7) is 9.31. The third kappa shape index (κ3) is 5.87. The van der Waals surface area contributed by atoms with E-state index in [-0.39, 0.29) is 11.3 Å². The van der Waals surface area contributed by atoms with Gasteiger partial charge in [0, 0.05) is 49.1 Å². The number of aromatic amines is 1. The number of nitrogens with one attached hydrogen (secondary N) is 1. The molecule has 0 unspecified atom stereocenters. The summed E-state index contributed by atoms with van der Waals surface area (Å²) in [4.78, 5) is 44.3. The van der Waals surface area contributed by atoms with Crippen molar-refractivity contribution >= 4 is 17.3 Å². The van der Waals surface area contributed by atoms with Gasteiger partial charge in [-0.25, -0.2) is 9.97 Å². The van der Waals surface area contributed by atoms with Crippen LogP contribution in [0.25, 0.3) is 11.4 Å². The van der Waals surface area contributed by atoms with E-state index in [1.54, 1.807) is 6.20 Å². The van der Waals surface area contributed by atoms with Crippen LogP contribution in [0.15, 0.2) is 71.7 Å². The average Bonchev–Trinajstić information content (AvgIpc) is 3.03. The fourth-order valence-electron chi connectivity index (χ4n) is 5.41. The molecule has 8 nitrogen and oxygen atoms in total. The standard InChI is InChI=1S/C33H37N5O3/c1-4-22-41-27-16-15-25(31(39)23-12-8-7-9-13-23)30(29(27)32-35-26(6-3)24(5-2)33(40)36-32)38-20-18-37(19-21-38)28-14-10-11-17-34-28/h7-17H,4-6,18-22H2,1-3H3,(H,35,36,40). The third-order valence-electron chi connectivity index (χ3n) is 7.48. The van der Waals surface area contributed by atoms with E-state index >= 15 is 0 Å². The fraction of sp³-hybridized carbons (Fsp3) is 0.333. The minimum Gasteiger partial charge on any atom is -0.493 e. The number of nitrogens with zero attached hydrogens (tertiary/aromatic N) is 4. The Labute approximate surface area is 241 Å². The summed E-state index contributed by atoms with van der Waals surface area (Å²) in [6, 6.07) is 18.9. The average molecular weight is 552 g/mol. The summed E-state index contributed by atoms with van der Waals surface area (Å²) in [7, 11) is 0. The molecule has 41 heavy (non-hydrogen) atoms. The summed E-state index contributed by atoms with van der Waals surface area (Å²) in [5, 5.41) is 0. The highest BCUT2D eigenvalue weighted by atomic mass is 16.5. The maximum absolute atomic E-state index is 14.0. The lowest BCUT2D eigenvalue weighted by atomic mass is 9.96. The zero-order chi connectivity index (χ0) is 28.8. The van der Waals surface area contributed by atoms with E-state index in [0.29, 0.717) is 66.4 Å². The van der Waals surface area contributed by atoms with Crippen molar-refractivity contribution in [2.45, 2.75) is 40.0 Å². The minimum atomic E-state index is -0.151. The second kappa shape index (κ2) is 12.8. The van der Waals surface area contributed by atoms with Crippen molar-refractivity contribution in [1.29, 1.82) is 0 Å². The number of carbonyl (C=O) groups excluding carboxylic acids is 1. The van der Waals surface area contributed by atoms with Gasteiger partial charge in [-0.15, -0.1) is 0 Å². The smallest absolute Gasteiger partial charge is 0.254 e. The Hall–Kier alpha value is -4.46. The maximum atomic E-state index is 14.0. The van der Waals surface area contributed by atoms with Crippen LogP contribution in [0, 0.1) is 0 Å². The number of benzene rings is 2. The van der Waals surface area contributed by atoms with Crippen LogP contribution < -0.4 is 20.1 Å². The normalized spacial score (nSPS) is 13.3. The van der Waals surface area contributed by atoms with Crippen molar-refractivity contribution in [3.05, 3.63) is 99.6 Å². The quantitative estimate of drug-likeness (QED) is 0.267. The number of hydrogen-bond acceptors (Lipinski definition) is 7. The van der Waals surface area contributed by atoms with Crippen molar-refractivity contribution in [3.8, 4) is 17.1 Å². The predicted molar refractivity (Wildman–Crippen MR) is 163 cm³/mol. The highest BCUT2D eigenvalue weighted by Crippen LogP contribution is 2.41. The zero-order valence-corrected chi connectivity index (χ0v) is 24.0. The lowest BCUT2D eigenvalue weighted by Crippen LogP contribution is -2.47. The number of hydrogen-bond donors (Lipinski definition) is 1. The molecule has 1 aliphatic rings. The van der Waals surface area contributed by atoms with Crippen LogP contribution in [0.3, 0.4) is 0 Å². The number of aryl methyl sites for hydroxylation is 1. The van der Waals surface area contributed by atoms with E-state index in [0.717, 1.165) is 36.7 Å². The monoisotopic (exact) mass is 551 g/mol. The molecule has 1 saturated heterocycles. The maximum Gasteiger partial charge on any atom is 0.254 e. The number of pyridine rings is 1. The minimum absolute atomic E-state index is 0.0840. The highest BCUT2D eigenvalue weighted by molar-refractivity contribution is 6.14. The number of piperazine rings is 1. The first-order valence-electron chi connectivity index (χ1n) is 14.5. The molecule has 2 aromatic heterocycles. The molecular weight excluding hydrogens is 514 g/mol. The Kier molecular flexibility index (Phi) is 8.77. The van der Waals surface area contributed by atoms with Crippen LogP contribution in [-0.4, -0.2) is 53.5 Å². The van der Waals surface area contributed by atoms with Gasteiger partial charge in [0.2, 0.25) is 0 Å². The van der Waals surface area contributed by atoms with Crippen LogP contribution in [0.4, 0.5) is 11.5 Å². The molecular formula is C33H37N5O3. The van der Waals surface area contributed by atoms with Crippen LogP contribution in [-0.2, 0) is 12.8 Å². The predicted octanol–water partition coefficient (Wildman–Crippen LogP) is 5.30. The van der Waals surface area contributed by atoms with E-state index in [2.05, 4.69) is 26.7 Å². The molecule has 0 radical (unpaired) electrons. The summed E-state index contributed by atoms with van der Waals surface area (Å²) in [5.41, 5.74) is 3.85. The van der Waals surface area contributed by atoms with Crippen molar-refractivity contribution in [2.75, 3.05) is 42.6 Å². The number of rotatable bonds is 10. The van der Waals surface area contributed by atoms with Gasteiger partial charge in [-0.3, -0.25) is 9.59 Å². The van der Waals surface area contributed by atoms with Gasteiger partial charge in [0.1, 0.15) is 17.4 Å². The molecule has 8 heteroatoms. The SMILES string of the molecule is CCCOc1ccc(C(=O)c2ccccc2)c(N2CCN(c3ccccn3)CC2)c1-c1nc(CC)c(CC)c(=O)[nH]1. The molecule has 5 rings (SSSR count). The van der Waals surface area contributed by atoms with Crippen molar-refractivity contribution in [3.63, 3.8) is 0 Å². The molecule has 0 atom stereocenters. The highest BCUT2D eigenvalue weighted by Gasteiger charge is 2.29. The Morgan fingerprint density at radius 3 is 2.29 bits per heavy atom. The number of anilines is 2. The van der Waals surface area contributed by atoms with Gasteiger partial charge in [-0.2, -0.15) is 0 Å². The molecule has 0 spiro atoms. The lowest BCUT2D eigenvalue weighted by Gasteiger charge is -2.38. The van der Waals surface area contributed by atoms with Crippen LogP contribution >= 0.6 is 0 Å². The molecule has 1 fully saturated rings. The molecule has 1 aliphatic heterocycles. The van der Waals surface area contributed by atoms with Gasteiger partial charge in [0.15, 0.2) is 5.78 Å². The first-order chi connectivity index (χ1) is 20.0. The van der Waals surface area contributed by atoms with Crippen molar-refractivity contribution in [1.82, 2.24) is 15.0 Å². The summed E-state index contributed by atoms with van der Waals surface area (Å²) in [5.74, 6) is 1.88. The van der Waals surface area contributed by atoms with Crippen LogP contribution in [0.2, 0.25) is 0 Å². The Morgan fingerprint density at radius 1 is 0.902 bits per heavy atom.